The van der Waals surface area contributed by atoms with Crippen molar-refractivity contribution < 1.29 is 4.79 Å². The van der Waals surface area contributed by atoms with Crippen LogP contribution in [-0.2, 0) is 11.8 Å². The molecule has 2 atom stereocenters. The highest BCUT2D eigenvalue weighted by atomic mass is 16.2. The van der Waals surface area contributed by atoms with Gasteiger partial charge in [0.1, 0.15) is 12.1 Å². The number of aryl methyl sites for hydroxylation is 1. The summed E-state index contributed by atoms with van der Waals surface area (Å²) in [6.07, 6.45) is 7.32. The van der Waals surface area contributed by atoms with E-state index in [9.17, 15) is 4.79 Å². The number of hydrogen-bond donors (Lipinski definition) is 1. The van der Waals surface area contributed by atoms with E-state index in [4.69, 9.17) is 0 Å². The number of rotatable bonds is 4. The van der Waals surface area contributed by atoms with Gasteiger partial charge in [0.15, 0.2) is 5.65 Å². The Morgan fingerprint density at radius 2 is 2.04 bits per heavy atom. The summed E-state index contributed by atoms with van der Waals surface area (Å²) in [7, 11) is 3.71. The van der Waals surface area contributed by atoms with E-state index in [0.29, 0.717) is 13.0 Å². The van der Waals surface area contributed by atoms with E-state index in [1.807, 2.05) is 31.1 Å². The van der Waals surface area contributed by atoms with Crippen LogP contribution in [0.15, 0.2) is 37.1 Å². The number of fused-ring (bicyclic) bond motifs is 1. The Morgan fingerprint density at radius 3 is 2.84 bits per heavy atom. The van der Waals surface area contributed by atoms with Crippen LogP contribution in [0.5, 0.6) is 0 Å². The lowest BCUT2D eigenvalue weighted by molar-refractivity contribution is -0.127. The lowest BCUT2D eigenvalue weighted by Crippen LogP contribution is -2.26. The predicted molar refractivity (Wildman–Crippen MR) is 92.6 cm³/mol. The normalized spacial score (nSPS) is 20.4. The number of pyridine rings is 1. The molecule has 3 aromatic rings. The van der Waals surface area contributed by atoms with Gasteiger partial charge < -0.3 is 10.2 Å². The first kappa shape index (κ1) is 15.5. The van der Waals surface area contributed by atoms with Crippen LogP contribution in [-0.4, -0.2) is 49.1 Å². The molecular formula is C17H19N7O. The maximum absolute atomic E-state index is 12.2. The Hall–Kier alpha value is -3.03. The minimum absolute atomic E-state index is 0.0363. The third-order valence-corrected chi connectivity index (χ3v) is 4.80. The molecular weight excluding hydrogens is 318 g/mol. The molecule has 0 radical (unpaired) electrons. The van der Waals surface area contributed by atoms with Gasteiger partial charge in [-0.05, 0) is 17.7 Å². The highest BCUT2D eigenvalue weighted by Crippen LogP contribution is 2.36. The number of nitrogens with zero attached hydrogens (tertiary/aromatic N) is 6. The van der Waals surface area contributed by atoms with Crippen molar-refractivity contribution in [1.82, 2.24) is 29.6 Å². The van der Waals surface area contributed by atoms with E-state index in [1.165, 1.54) is 6.33 Å². The quantitative estimate of drug-likeness (QED) is 0.774. The van der Waals surface area contributed by atoms with Gasteiger partial charge in [-0.2, -0.15) is 5.10 Å². The number of amides is 1. The van der Waals surface area contributed by atoms with Crippen LogP contribution in [0, 0.1) is 5.92 Å². The highest BCUT2D eigenvalue weighted by molar-refractivity contribution is 5.86. The Bertz CT molecular complexity index is 908. The molecule has 25 heavy (non-hydrogen) atoms. The Labute approximate surface area is 144 Å². The molecule has 0 aromatic carbocycles. The van der Waals surface area contributed by atoms with Crippen molar-refractivity contribution in [3.63, 3.8) is 0 Å². The van der Waals surface area contributed by atoms with Crippen molar-refractivity contribution in [2.45, 2.75) is 12.5 Å². The number of carbonyl (C=O) groups is 1. The third kappa shape index (κ3) is 2.69. The lowest BCUT2D eigenvalue weighted by Gasteiger charge is -2.25. The molecule has 1 fully saturated rings. The van der Waals surface area contributed by atoms with Gasteiger partial charge in [-0.25, -0.2) is 9.97 Å². The topological polar surface area (TPSA) is 88.8 Å². The first-order valence-corrected chi connectivity index (χ1v) is 8.17. The number of carbonyl (C=O) groups excluding carboxylic acids is 1. The molecule has 0 aliphatic carbocycles. The van der Waals surface area contributed by atoms with Gasteiger partial charge >= 0.3 is 0 Å². The second kappa shape index (κ2) is 6.12. The zero-order valence-corrected chi connectivity index (χ0v) is 14.1. The van der Waals surface area contributed by atoms with Crippen molar-refractivity contribution >= 4 is 22.8 Å². The summed E-state index contributed by atoms with van der Waals surface area (Å²) in [5, 5.41) is 8.49. The smallest absolute Gasteiger partial charge is 0.223 e. The molecule has 1 N–H and O–H groups in total. The fraction of sp³-hybridized carbons (Fsp3) is 0.353. The molecule has 1 aliphatic rings. The molecule has 128 valence electrons. The van der Waals surface area contributed by atoms with Crippen LogP contribution in [0.2, 0.25) is 0 Å². The van der Waals surface area contributed by atoms with E-state index in [-0.39, 0.29) is 17.9 Å². The Morgan fingerprint density at radius 1 is 1.24 bits per heavy atom. The second-order valence-corrected chi connectivity index (χ2v) is 6.30. The van der Waals surface area contributed by atoms with Crippen molar-refractivity contribution in [2.24, 2.45) is 13.0 Å². The van der Waals surface area contributed by atoms with E-state index in [2.05, 4.69) is 25.4 Å². The molecule has 0 unspecified atom stereocenters. The van der Waals surface area contributed by atoms with Crippen molar-refractivity contribution in [3.8, 4) is 0 Å². The van der Waals surface area contributed by atoms with Crippen LogP contribution in [0.3, 0.4) is 0 Å². The van der Waals surface area contributed by atoms with Crippen molar-refractivity contribution in [2.75, 3.05) is 18.9 Å². The summed E-state index contributed by atoms with van der Waals surface area (Å²) in [5.41, 5.74) is 1.88. The van der Waals surface area contributed by atoms with Crippen molar-refractivity contribution in [3.05, 3.63) is 42.6 Å². The first-order valence-electron chi connectivity index (χ1n) is 8.17. The zero-order valence-electron chi connectivity index (χ0n) is 14.1. The van der Waals surface area contributed by atoms with Gasteiger partial charge in [0.25, 0.3) is 0 Å². The monoisotopic (exact) mass is 337 g/mol. The summed E-state index contributed by atoms with van der Waals surface area (Å²) in [4.78, 5) is 26.7. The molecule has 4 rings (SSSR count). The molecule has 0 saturated carbocycles. The second-order valence-electron chi connectivity index (χ2n) is 6.30. The molecule has 1 aliphatic heterocycles. The minimum atomic E-state index is 0.0363. The maximum Gasteiger partial charge on any atom is 0.223 e. The average molecular weight is 337 g/mol. The van der Waals surface area contributed by atoms with Crippen LogP contribution >= 0.6 is 0 Å². The standard InChI is InChI=1S/C17H19N7O/c1-23-14(25)7-12(15(23)11-3-5-18-6-4-11)8-19-16-13-9-22-24(2)17(13)21-10-20-16/h3-6,9-10,12,15H,7-8H2,1-2H3,(H,19,20,21)/t12-,15-/m0/s1. The average Bonchev–Trinajstić information content (AvgIpc) is 3.15. The summed E-state index contributed by atoms with van der Waals surface area (Å²) >= 11 is 0. The minimum Gasteiger partial charge on any atom is -0.369 e. The fourth-order valence-electron chi connectivity index (χ4n) is 3.52. The van der Waals surface area contributed by atoms with Gasteiger partial charge in [-0.1, -0.05) is 0 Å². The fourth-order valence-corrected chi connectivity index (χ4v) is 3.52. The lowest BCUT2D eigenvalue weighted by atomic mass is 9.94. The Balaban J connectivity index is 1.57. The number of nitrogens with one attached hydrogen (secondary N) is 1. The van der Waals surface area contributed by atoms with Crippen molar-refractivity contribution in [1.29, 1.82) is 0 Å². The number of anilines is 1. The summed E-state index contributed by atoms with van der Waals surface area (Å²) < 4.78 is 1.72. The van der Waals surface area contributed by atoms with E-state index in [0.717, 1.165) is 22.4 Å². The largest absolute Gasteiger partial charge is 0.369 e. The molecule has 4 heterocycles. The number of aromatic nitrogens is 5. The predicted octanol–water partition coefficient (Wildman–Crippen LogP) is 1.39. The molecule has 8 heteroatoms. The summed E-state index contributed by atoms with van der Waals surface area (Å²) in [5.74, 6) is 1.05. The molecule has 8 nitrogen and oxygen atoms in total. The van der Waals surface area contributed by atoms with Gasteiger partial charge in [0, 0.05) is 45.4 Å². The van der Waals surface area contributed by atoms with Crippen LogP contribution in [0.1, 0.15) is 18.0 Å². The van der Waals surface area contributed by atoms with Gasteiger partial charge in [-0.15, -0.1) is 0 Å². The highest BCUT2D eigenvalue weighted by Gasteiger charge is 2.38. The molecule has 3 aromatic heterocycles. The SMILES string of the molecule is CN1C(=O)C[C@@H](CNc2ncnc3c2cnn3C)[C@@H]1c1ccncc1. The van der Waals surface area contributed by atoms with Crippen LogP contribution in [0.25, 0.3) is 11.0 Å². The zero-order chi connectivity index (χ0) is 17.4. The third-order valence-electron chi connectivity index (χ3n) is 4.80. The van der Waals surface area contributed by atoms with Gasteiger partial charge in [0.05, 0.1) is 17.6 Å². The molecule has 0 spiro atoms. The van der Waals surface area contributed by atoms with Crippen LogP contribution < -0.4 is 5.32 Å². The maximum atomic E-state index is 12.2. The Kier molecular flexibility index (Phi) is 3.79. The van der Waals surface area contributed by atoms with Gasteiger partial charge in [-0.3, -0.25) is 14.5 Å². The first-order chi connectivity index (χ1) is 12.1. The summed E-state index contributed by atoms with van der Waals surface area (Å²) in [6, 6.07) is 3.97. The van der Waals surface area contributed by atoms with Gasteiger partial charge in [0.2, 0.25) is 5.91 Å². The number of hydrogen-bond acceptors (Lipinski definition) is 6. The van der Waals surface area contributed by atoms with Crippen LogP contribution in [0.4, 0.5) is 5.82 Å². The van der Waals surface area contributed by atoms with E-state index < -0.39 is 0 Å². The molecule has 1 saturated heterocycles. The summed E-state index contributed by atoms with van der Waals surface area (Å²) in [6.45, 7) is 0.643. The molecule has 0 bridgehead atoms. The number of likely N-dealkylation sites (tertiary alicyclic amines) is 1. The van der Waals surface area contributed by atoms with E-state index in [1.54, 1.807) is 23.3 Å². The van der Waals surface area contributed by atoms with E-state index >= 15 is 0 Å². The molecule has 1 amide bonds.